The number of ether oxygens (including phenoxy) is 2. The summed E-state index contributed by atoms with van der Waals surface area (Å²) in [6.45, 7) is 8.39. The first kappa shape index (κ1) is 19.9. The van der Waals surface area contributed by atoms with E-state index in [1.807, 2.05) is 20.8 Å². The van der Waals surface area contributed by atoms with Crippen molar-refractivity contribution in [3.05, 3.63) is 30.3 Å². The van der Waals surface area contributed by atoms with E-state index >= 15 is 0 Å². The molecule has 2 fully saturated rings. The van der Waals surface area contributed by atoms with Crippen LogP contribution in [0, 0.1) is 11.8 Å². The Morgan fingerprint density at radius 2 is 1.85 bits per heavy atom. The maximum absolute atomic E-state index is 11.8. The van der Waals surface area contributed by atoms with Gasteiger partial charge in [0.05, 0.1) is 13.2 Å². The summed E-state index contributed by atoms with van der Waals surface area (Å²) in [5, 5.41) is 0. The van der Waals surface area contributed by atoms with E-state index in [2.05, 4.69) is 40.2 Å². The van der Waals surface area contributed by atoms with Crippen molar-refractivity contribution in [3.8, 4) is 0 Å². The second-order valence-corrected chi connectivity index (χ2v) is 8.72. The molecule has 1 aliphatic heterocycles. The Kier molecular flexibility index (Phi) is 6.53. The second kappa shape index (κ2) is 8.87. The van der Waals surface area contributed by atoms with Crippen LogP contribution in [0.5, 0.6) is 0 Å². The predicted octanol–water partition coefficient (Wildman–Crippen LogP) is 4.70. The Morgan fingerprint density at radius 3 is 2.41 bits per heavy atom. The zero-order chi connectivity index (χ0) is 19.3. The Morgan fingerprint density at radius 1 is 1.19 bits per heavy atom. The molecule has 0 bridgehead atoms. The molecule has 1 amide bonds. The Hall–Kier alpha value is -1.88. The summed E-state index contributed by atoms with van der Waals surface area (Å²) in [6, 6.07) is 11.2. The molecule has 0 N–H and O–H groups in total. The minimum absolute atomic E-state index is 0.360. The largest absolute Gasteiger partial charge is 0.442 e. The number of amides is 1. The van der Waals surface area contributed by atoms with Gasteiger partial charge in [-0.05, 0) is 64.5 Å². The van der Waals surface area contributed by atoms with E-state index in [1.54, 1.807) is 6.21 Å². The molecule has 1 aromatic carbocycles. The topological polar surface area (TPSA) is 51.1 Å². The van der Waals surface area contributed by atoms with Gasteiger partial charge in [0, 0.05) is 30.4 Å². The van der Waals surface area contributed by atoms with Crippen molar-refractivity contribution in [3.63, 3.8) is 0 Å². The van der Waals surface area contributed by atoms with E-state index in [0.29, 0.717) is 17.9 Å². The highest BCUT2D eigenvalue weighted by atomic mass is 16.6. The highest BCUT2D eigenvalue weighted by Crippen LogP contribution is 2.31. The van der Waals surface area contributed by atoms with Crippen LogP contribution >= 0.6 is 0 Å². The van der Waals surface area contributed by atoms with Gasteiger partial charge in [-0.2, -0.15) is 4.99 Å². The third kappa shape index (κ3) is 6.06. The van der Waals surface area contributed by atoms with E-state index in [4.69, 9.17) is 9.47 Å². The predicted molar refractivity (Wildman–Crippen MR) is 109 cm³/mol. The van der Waals surface area contributed by atoms with E-state index in [9.17, 15) is 4.79 Å². The first-order chi connectivity index (χ1) is 12.9. The molecule has 1 saturated heterocycles. The lowest BCUT2D eigenvalue weighted by atomic mass is 9.85. The van der Waals surface area contributed by atoms with Gasteiger partial charge < -0.3 is 14.4 Å². The number of benzene rings is 1. The minimum atomic E-state index is -0.493. The number of nitrogens with zero attached hydrogens (tertiary/aromatic N) is 2. The molecule has 148 valence electrons. The summed E-state index contributed by atoms with van der Waals surface area (Å²) in [6.07, 6.45) is 5.67. The molecule has 1 saturated carbocycles. The van der Waals surface area contributed by atoms with Crippen LogP contribution in [0.3, 0.4) is 0 Å². The molecule has 0 atom stereocenters. The lowest BCUT2D eigenvalue weighted by molar-refractivity contribution is -0.0286. The summed E-state index contributed by atoms with van der Waals surface area (Å²) >= 11 is 0. The number of aliphatic imine (C=N–C) groups is 1. The van der Waals surface area contributed by atoms with Crippen LogP contribution in [0.4, 0.5) is 10.5 Å². The third-order valence-corrected chi connectivity index (χ3v) is 5.22. The summed E-state index contributed by atoms with van der Waals surface area (Å²) < 4.78 is 10.6. The van der Waals surface area contributed by atoms with E-state index in [-0.39, 0.29) is 0 Å². The van der Waals surface area contributed by atoms with Crippen molar-refractivity contribution in [2.24, 2.45) is 16.8 Å². The monoisotopic (exact) mass is 372 g/mol. The van der Waals surface area contributed by atoms with Crippen molar-refractivity contribution >= 4 is 18.0 Å². The van der Waals surface area contributed by atoms with Crippen LogP contribution in [0.15, 0.2) is 35.3 Å². The van der Waals surface area contributed by atoms with Gasteiger partial charge in [0.2, 0.25) is 0 Å². The van der Waals surface area contributed by atoms with Crippen molar-refractivity contribution in [2.45, 2.75) is 58.1 Å². The molecule has 5 nitrogen and oxygen atoms in total. The van der Waals surface area contributed by atoms with Crippen LogP contribution in [-0.2, 0) is 9.47 Å². The number of carbonyl (C=O) groups excluding carboxylic acids is 1. The second-order valence-electron chi connectivity index (χ2n) is 8.72. The van der Waals surface area contributed by atoms with Crippen LogP contribution in [0.1, 0.15) is 46.5 Å². The molecule has 2 aliphatic rings. The van der Waals surface area contributed by atoms with Crippen molar-refractivity contribution in [2.75, 3.05) is 24.7 Å². The SMILES string of the molecule is CC(C)(C)OC(=O)/N=C/C1CCC(N(CC2COC2)c2ccccc2)CC1. The summed E-state index contributed by atoms with van der Waals surface area (Å²) in [7, 11) is 0. The maximum Gasteiger partial charge on any atom is 0.433 e. The number of hydrogen-bond donors (Lipinski definition) is 0. The van der Waals surface area contributed by atoms with Gasteiger partial charge in [-0.15, -0.1) is 0 Å². The summed E-state index contributed by atoms with van der Waals surface area (Å²) in [5.74, 6) is 0.995. The smallest absolute Gasteiger partial charge is 0.433 e. The highest BCUT2D eigenvalue weighted by molar-refractivity contribution is 5.80. The molecular formula is C22H32N2O3. The molecule has 1 aromatic rings. The van der Waals surface area contributed by atoms with Gasteiger partial charge in [0.25, 0.3) is 0 Å². The number of hydrogen-bond acceptors (Lipinski definition) is 4. The summed E-state index contributed by atoms with van der Waals surface area (Å²) in [5.41, 5.74) is 0.809. The maximum atomic E-state index is 11.8. The van der Waals surface area contributed by atoms with Crippen molar-refractivity contribution in [1.82, 2.24) is 0 Å². The quantitative estimate of drug-likeness (QED) is 0.703. The third-order valence-electron chi connectivity index (χ3n) is 5.22. The minimum Gasteiger partial charge on any atom is -0.442 e. The number of carbonyl (C=O) groups is 1. The number of para-hydroxylation sites is 1. The molecule has 0 spiro atoms. The molecule has 27 heavy (non-hydrogen) atoms. The van der Waals surface area contributed by atoms with Gasteiger partial charge in [-0.25, -0.2) is 4.79 Å². The van der Waals surface area contributed by atoms with E-state index in [0.717, 1.165) is 45.4 Å². The highest BCUT2D eigenvalue weighted by Gasteiger charge is 2.29. The Balaban J connectivity index is 1.55. The molecule has 3 rings (SSSR count). The molecule has 0 radical (unpaired) electrons. The van der Waals surface area contributed by atoms with Crippen LogP contribution in [0.2, 0.25) is 0 Å². The fraction of sp³-hybridized carbons (Fsp3) is 0.636. The van der Waals surface area contributed by atoms with Gasteiger partial charge in [-0.1, -0.05) is 18.2 Å². The zero-order valence-electron chi connectivity index (χ0n) is 16.8. The first-order valence-corrected chi connectivity index (χ1v) is 10.1. The zero-order valence-corrected chi connectivity index (χ0v) is 16.8. The van der Waals surface area contributed by atoms with Gasteiger partial charge in [-0.3, -0.25) is 0 Å². The Labute approximate surface area is 162 Å². The lowest BCUT2D eigenvalue weighted by Crippen LogP contribution is -2.46. The van der Waals surface area contributed by atoms with E-state index in [1.165, 1.54) is 5.69 Å². The molecule has 5 heteroatoms. The molecule has 1 heterocycles. The molecule has 1 aliphatic carbocycles. The molecular weight excluding hydrogens is 340 g/mol. The van der Waals surface area contributed by atoms with Crippen LogP contribution in [-0.4, -0.2) is 43.7 Å². The normalized spacial score (nSPS) is 23.8. The standard InChI is InChI=1S/C22H32N2O3/c1-22(2,3)27-21(25)23-13-17-9-11-20(12-10-17)24(14-18-15-26-16-18)19-7-5-4-6-8-19/h4-8,13,17-18,20H,9-12,14-16H2,1-3H3/b23-13+. The fourth-order valence-electron chi connectivity index (χ4n) is 3.77. The number of anilines is 1. The Bertz CT molecular complexity index is 627. The average Bonchev–Trinajstić information content (AvgIpc) is 2.59. The average molecular weight is 373 g/mol. The molecule has 0 unspecified atom stereocenters. The fourth-order valence-corrected chi connectivity index (χ4v) is 3.77. The van der Waals surface area contributed by atoms with E-state index < -0.39 is 11.7 Å². The summed E-state index contributed by atoms with van der Waals surface area (Å²) in [4.78, 5) is 18.4. The van der Waals surface area contributed by atoms with Crippen LogP contribution < -0.4 is 4.90 Å². The van der Waals surface area contributed by atoms with Crippen molar-refractivity contribution < 1.29 is 14.3 Å². The lowest BCUT2D eigenvalue weighted by Gasteiger charge is -2.41. The van der Waals surface area contributed by atoms with Gasteiger partial charge in [0.15, 0.2) is 0 Å². The number of rotatable bonds is 5. The molecule has 0 aromatic heterocycles. The van der Waals surface area contributed by atoms with Crippen molar-refractivity contribution in [1.29, 1.82) is 0 Å². The van der Waals surface area contributed by atoms with Crippen LogP contribution in [0.25, 0.3) is 0 Å². The first-order valence-electron chi connectivity index (χ1n) is 10.1. The van der Waals surface area contributed by atoms with Gasteiger partial charge >= 0.3 is 6.09 Å². The van der Waals surface area contributed by atoms with Gasteiger partial charge in [0.1, 0.15) is 5.60 Å².